The lowest BCUT2D eigenvalue weighted by molar-refractivity contribution is -0.155. The Balaban J connectivity index is 2.42. The molecule has 2 amide bonds. The second-order valence-electron chi connectivity index (χ2n) is 5.44. The Bertz CT molecular complexity index is 623. The van der Waals surface area contributed by atoms with Crippen molar-refractivity contribution in [2.45, 2.75) is 32.5 Å². The highest BCUT2D eigenvalue weighted by Gasteiger charge is 2.37. The Morgan fingerprint density at radius 3 is 2.68 bits per heavy atom. The van der Waals surface area contributed by atoms with Crippen LogP contribution in [0.2, 0.25) is 5.02 Å². The van der Waals surface area contributed by atoms with Gasteiger partial charge in [-0.25, -0.2) is 4.39 Å². The van der Waals surface area contributed by atoms with Gasteiger partial charge in [-0.15, -0.1) is 0 Å². The monoisotopic (exact) mass is 328 g/mol. The van der Waals surface area contributed by atoms with Crippen LogP contribution in [0.15, 0.2) is 12.1 Å². The molecule has 1 unspecified atom stereocenters. The van der Waals surface area contributed by atoms with E-state index in [9.17, 15) is 19.1 Å². The zero-order chi connectivity index (χ0) is 16.6. The molecule has 1 aromatic rings. The molecule has 0 saturated carbocycles. The highest BCUT2D eigenvalue weighted by atomic mass is 35.5. The van der Waals surface area contributed by atoms with E-state index in [1.165, 1.54) is 15.9 Å². The van der Waals surface area contributed by atoms with Crippen LogP contribution in [0.1, 0.15) is 31.0 Å². The summed E-state index contributed by atoms with van der Waals surface area (Å²) in [6.45, 7) is 2.88. The topological polar surface area (TPSA) is 60.9 Å². The van der Waals surface area contributed by atoms with Gasteiger partial charge < -0.3 is 14.9 Å². The molecular weight excluding hydrogens is 311 g/mol. The lowest BCUT2D eigenvalue weighted by atomic mass is 9.98. The zero-order valence-corrected chi connectivity index (χ0v) is 13.4. The van der Waals surface area contributed by atoms with Gasteiger partial charge in [0.2, 0.25) is 11.8 Å². The third-order valence-electron chi connectivity index (χ3n) is 4.19. The van der Waals surface area contributed by atoms with Gasteiger partial charge in [0.25, 0.3) is 0 Å². The molecular formula is C15H18ClFN2O3. The fourth-order valence-corrected chi connectivity index (χ4v) is 2.89. The number of nitrogens with zero attached hydrogens (tertiary/aromatic N) is 2. The first-order chi connectivity index (χ1) is 10.3. The van der Waals surface area contributed by atoms with E-state index < -0.39 is 17.9 Å². The first-order valence-corrected chi connectivity index (χ1v) is 7.30. The molecule has 0 spiro atoms. The fraction of sp³-hybridized carbons (Fsp3) is 0.467. The lowest BCUT2D eigenvalue weighted by Crippen LogP contribution is -2.57. The van der Waals surface area contributed by atoms with E-state index in [4.69, 9.17) is 11.6 Å². The Hall–Kier alpha value is -1.66. The summed E-state index contributed by atoms with van der Waals surface area (Å²) in [5.41, 5.74) is 0.771. The van der Waals surface area contributed by atoms with E-state index >= 15 is 0 Å². The summed E-state index contributed by atoms with van der Waals surface area (Å²) >= 11 is 5.96. The van der Waals surface area contributed by atoms with Gasteiger partial charge in [-0.05, 0) is 31.5 Å². The molecule has 1 aliphatic rings. The van der Waals surface area contributed by atoms with Crippen LogP contribution < -0.4 is 0 Å². The number of likely N-dealkylation sites (N-methyl/N-ethyl adjacent to an activating group) is 1. The average Bonchev–Trinajstić information content (AvgIpc) is 2.47. The number of hydrogen-bond donors (Lipinski definition) is 1. The van der Waals surface area contributed by atoms with Crippen molar-refractivity contribution >= 4 is 23.4 Å². The summed E-state index contributed by atoms with van der Waals surface area (Å²) in [4.78, 5) is 27.1. The highest BCUT2D eigenvalue weighted by Crippen LogP contribution is 2.31. The predicted octanol–water partition coefficient (Wildman–Crippen LogP) is 1.72. The molecule has 2 atom stereocenters. The molecule has 0 bridgehead atoms. The zero-order valence-electron chi connectivity index (χ0n) is 12.6. The maximum atomic E-state index is 13.6. The van der Waals surface area contributed by atoms with E-state index in [0.717, 1.165) is 6.07 Å². The Kier molecular flexibility index (Phi) is 4.72. The third-order valence-corrected chi connectivity index (χ3v) is 4.53. The normalized spacial score (nSPS) is 20.5. The summed E-state index contributed by atoms with van der Waals surface area (Å²) in [6.07, 6.45) is 0. The van der Waals surface area contributed by atoms with Crippen molar-refractivity contribution in [1.29, 1.82) is 0 Å². The number of benzene rings is 1. The number of halogens is 2. The quantitative estimate of drug-likeness (QED) is 0.919. The molecule has 5 nitrogen and oxygen atoms in total. The summed E-state index contributed by atoms with van der Waals surface area (Å²) in [7, 11) is 1.57. The molecule has 0 aliphatic carbocycles. The Morgan fingerprint density at radius 1 is 1.45 bits per heavy atom. The molecule has 2 rings (SSSR count). The summed E-state index contributed by atoms with van der Waals surface area (Å²) < 4.78 is 13.6. The molecule has 1 heterocycles. The minimum Gasteiger partial charge on any atom is -0.392 e. The van der Waals surface area contributed by atoms with Crippen molar-refractivity contribution in [3.05, 3.63) is 34.1 Å². The van der Waals surface area contributed by atoms with Crippen LogP contribution in [0.5, 0.6) is 0 Å². The second kappa shape index (κ2) is 6.22. The minimum absolute atomic E-state index is 0.0835. The molecule has 120 valence electrons. The first kappa shape index (κ1) is 16.7. The van der Waals surface area contributed by atoms with E-state index in [2.05, 4.69) is 0 Å². The van der Waals surface area contributed by atoms with E-state index in [0.29, 0.717) is 11.1 Å². The van der Waals surface area contributed by atoms with Gasteiger partial charge in [-0.1, -0.05) is 11.6 Å². The number of piperazine rings is 1. The first-order valence-electron chi connectivity index (χ1n) is 6.92. The van der Waals surface area contributed by atoms with Gasteiger partial charge in [0.15, 0.2) is 0 Å². The number of carbonyl (C=O) groups excluding carboxylic acids is 2. The molecule has 7 heteroatoms. The van der Waals surface area contributed by atoms with Crippen molar-refractivity contribution in [3.8, 4) is 0 Å². The van der Waals surface area contributed by atoms with Crippen LogP contribution in [0.3, 0.4) is 0 Å². The lowest BCUT2D eigenvalue weighted by Gasteiger charge is -2.40. The number of carbonyl (C=O) groups is 2. The SMILES string of the molecule is CC(c1cc(F)cc(Cl)c1CO)N1CC(=O)N(C)[C@@H](C)C1=O. The average molecular weight is 329 g/mol. The Morgan fingerprint density at radius 2 is 2.09 bits per heavy atom. The van der Waals surface area contributed by atoms with Gasteiger partial charge in [0.05, 0.1) is 12.6 Å². The van der Waals surface area contributed by atoms with Crippen molar-refractivity contribution < 1.29 is 19.1 Å². The van der Waals surface area contributed by atoms with Crippen molar-refractivity contribution in [2.24, 2.45) is 0 Å². The number of aliphatic hydroxyl groups is 1. The minimum atomic E-state index is -0.578. The van der Waals surface area contributed by atoms with Crippen LogP contribution in [0.25, 0.3) is 0 Å². The van der Waals surface area contributed by atoms with E-state index in [-0.39, 0.29) is 30.0 Å². The second-order valence-corrected chi connectivity index (χ2v) is 5.84. The van der Waals surface area contributed by atoms with Crippen LogP contribution in [0, 0.1) is 5.82 Å². The fourth-order valence-electron chi connectivity index (χ4n) is 2.62. The molecule has 22 heavy (non-hydrogen) atoms. The molecule has 1 aromatic carbocycles. The predicted molar refractivity (Wildman–Crippen MR) is 79.7 cm³/mol. The van der Waals surface area contributed by atoms with Crippen LogP contribution in [0.4, 0.5) is 4.39 Å². The number of hydrogen-bond acceptors (Lipinski definition) is 3. The van der Waals surface area contributed by atoms with Crippen molar-refractivity contribution in [1.82, 2.24) is 9.80 Å². The highest BCUT2D eigenvalue weighted by molar-refractivity contribution is 6.31. The molecule has 1 fully saturated rings. The van der Waals surface area contributed by atoms with Gasteiger partial charge in [0, 0.05) is 17.6 Å². The van der Waals surface area contributed by atoms with Gasteiger partial charge in [-0.2, -0.15) is 0 Å². The summed E-state index contributed by atoms with van der Waals surface area (Å²) in [5.74, 6) is -0.962. The maximum absolute atomic E-state index is 13.6. The van der Waals surface area contributed by atoms with Crippen LogP contribution in [-0.4, -0.2) is 46.4 Å². The van der Waals surface area contributed by atoms with Gasteiger partial charge >= 0.3 is 0 Å². The van der Waals surface area contributed by atoms with Crippen LogP contribution in [-0.2, 0) is 16.2 Å². The largest absolute Gasteiger partial charge is 0.392 e. The molecule has 1 N–H and O–H groups in total. The number of amides is 2. The van der Waals surface area contributed by atoms with Crippen molar-refractivity contribution in [3.63, 3.8) is 0 Å². The third kappa shape index (κ3) is 2.80. The van der Waals surface area contributed by atoms with E-state index in [1.54, 1.807) is 20.9 Å². The van der Waals surface area contributed by atoms with E-state index in [1.807, 2.05) is 0 Å². The molecule has 0 radical (unpaired) electrons. The van der Waals surface area contributed by atoms with Gasteiger partial charge in [0.1, 0.15) is 18.4 Å². The molecule has 1 aliphatic heterocycles. The number of rotatable bonds is 3. The summed E-state index contributed by atoms with van der Waals surface area (Å²) in [5, 5.41) is 9.57. The molecule has 1 saturated heterocycles. The standard InChI is InChI=1S/C15H18ClFN2O3/c1-8(11-4-10(17)5-13(16)12(11)7-20)19-6-14(21)18(3)9(2)15(19)22/h4-5,8-9,20H,6-7H2,1-3H3/t8?,9-/m0/s1. The summed E-state index contributed by atoms with van der Waals surface area (Å²) in [6, 6.07) is 1.21. The van der Waals surface area contributed by atoms with Gasteiger partial charge in [-0.3, -0.25) is 9.59 Å². The molecule has 0 aromatic heterocycles. The smallest absolute Gasteiger partial charge is 0.246 e. The van der Waals surface area contributed by atoms with Crippen LogP contribution >= 0.6 is 11.6 Å². The number of aliphatic hydroxyl groups excluding tert-OH is 1. The Labute approximate surface area is 133 Å². The maximum Gasteiger partial charge on any atom is 0.246 e. The van der Waals surface area contributed by atoms with Crippen molar-refractivity contribution in [2.75, 3.05) is 13.6 Å².